The van der Waals surface area contributed by atoms with Crippen LogP contribution in [0.25, 0.3) is 0 Å². The van der Waals surface area contributed by atoms with Crippen molar-refractivity contribution < 1.29 is 38.2 Å². The fourth-order valence-electron chi connectivity index (χ4n) is 5.54. The molecule has 0 aromatic heterocycles. The molecule has 0 saturated carbocycles. The number of nitrogens with zero attached hydrogens (tertiary/aromatic N) is 1. The average molecular weight is 781 g/mol. The van der Waals surface area contributed by atoms with E-state index >= 15 is 0 Å². The molecule has 2 atom stereocenters. The standard InChI is InChI=1S/C48H77NO7/c1-6-8-10-12-14-16-18-20-22-23-25-26-28-30-32-34-36-38-46(50)55-43-44(42-54-41-40-45(48(52)53)49(3,4)5)56-47(51)39-37-35-33-31-29-27-24-21-19-17-15-13-11-9-7-2/h9,11,13,15,17,19-22,24-27,29-30,32,44-45H,6-8,10,12,14,16,18,23,28,31,33-43H2,1-5H3/p+1/b11-9+,15-13+,19-17+,22-20+,24-21+,26-25+,29-27+,32-30+. The van der Waals surface area contributed by atoms with E-state index in [1.165, 1.54) is 44.9 Å². The Bertz CT molecular complexity index is 1230. The number of hydrogen-bond donors (Lipinski definition) is 1. The Morgan fingerprint density at radius 2 is 1.09 bits per heavy atom. The molecule has 0 amide bonds. The van der Waals surface area contributed by atoms with Crippen molar-refractivity contribution in [3.63, 3.8) is 0 Å². The van der Waals surface area contributed by atoms with Gasteiger partial charge in [0.2, 0.25) is 0 Å². The first-order valence-corrected chi connectivity index (χ1v) is 21.3. The quantitative estimate of drug-likeness (QED) is 0.0222. The van der Waals surface area contributed by atoms with Crippen molar-refractivity contribution in [3.8, 4) is 0 Å². The molecule has 0 aromatic rings. The predicted octanol–water partition coefficient (Wildman–Crippen LogP) is 11.5. The number of carbonyl (C=O) groups is 3. The lowest BCUT2D eigenvalue weighted by Gasteiger charge is -2.31. The molecule has 8 nitrogen and oxygen atoms in total. The maximum Gasteiger partial charge on any atom is 0.362 e. The SMILES string of the molecule is CC/C=C/C=C/C=C/C=C/C=C/CCCCCC(=O)OC(COCCC(C(=O)O)[N+](C)(C)C)COC(=O)CCC/C=C/C/C=C/C/C=C/CCCCCCCC. The number of carbonyl (C=O) groups excluding carboxylic acids is 2. The smallest absolute Gasteiger partial charge is 0.362 e. The summed E-state index contributed by atoms with van der Waals surface area (Å²) in [4.78, 5) is 36.9. The van der Waals surface area contributed by atoms with Gasteiger partial charge in [-0.3, -0.25) is 9.59 Å². The third-order valence-corrected chi connectivity index (χ3v) is 8.85. The van der Waals surface area contributed by atoms with Crippen LogP contribution in [0.5, 0.6) is 0 Å². The lowest BCUT2D eigenvalue weighted by atomic mass is 10.1. The van der Waals surface area contributed by atoms with Gasteiger partial charge in [-0.1, -0.05) is 150 Å². The Morgan fingerprint density at radius 3 is 1.70 bits per heavy atom. The van der Waals surface area contributed by atoms with Gasteiger partial charge in [-0.15, -0.1) is 0 Å². The molecule has 0 saturated heterocycles. The van der Waals surface area contributed by atoms with Crippen LogP contribution in [0.3, 0.4) is 0 Å². The van der Waals surface area contributed by atoms with Crippen molar-refractivity contribution in [1.82, 2.24) is 0 Å². The summed E-state index contributed by atoms with van der Waals surface area (Å²) in [6, 6.07) is -0.635. The summed E-state index contributed by atoms with van der Waals surface area (Å²) in [5.41, 5.74) is 0. The summed E-state index contributed by atoms with van der Waals surface area (Å²) in [5.74, 6) is -1.61. The molecule has 0 spiro atoms. The lowest BCUT2D eigenvalue weighted by Crippen LogP contribution is -2.50. The minimum Gasteiger partial charge on any atom is -0.477 e. The minimum absolute atomic E-state index is 0.0212. The molecule has 0 heterocycles. The minimum atomic E-state index is -0.894. The largest absolute Gasteiger partial charge is 0.477 e. The fourth-order valence-corrected chi connectivity index (χ4v) is 5.54. The summed E-state index contributed by atoms with van der Waals surface area (Å²) in [5, 5.41) is 9.61. The number of allylic oxidation sites excluding steroid dienone is 16. The van der Waals surface area contributed by atoms with Crippen LogP contribution in [-0.4, -0.2) is 80.6 Å². The van der Waals surface area contributed by atoms with Crippen molar-refractivity contribution in [2.75, 3.05) is 41.0 Å². The highest BCUT2D eigenvalue weighted by molar-refractivity contribution is 5.72. The number of esters is 2. The van der Waals surface area contributed by atoms with Crippen molar-refractivity contribution in [2.45, 2.75) is 148 Å². The van der Waals surface area contributed by atoms with Crippen LogP contribution in [-0.2, 0) is 28.6 Å². The topological polar surface area (TPSA) is 99.1 Å². The molecule has 0 aliphatic rings. The first-order valence-electron chi connectivity index (χ1n) is 21.3. The molecule has 0 aliphatic carbocycles. The number of unbranched alkanes of at least 4 members (excludes halogenated alkanes) is 10. The number of quaternary nitrogens is 1. The second kappa shape index (κ2) is 38.1. The Kier molecular flexibility index (Phi) is 35.6. The Morgan fingerprint density at radius 1 is 0.571 bits per heavy atom. The third-order valence-electron chi connectivity index (χ3n) is 8.85. The van der Waals surface area contributed by atoms with Crippen LogP contribution in [0.4, 0.5) is 0 Å². The molecule has 0 aliphatic heterocycles. The Hall–Kier alpha value is -3.75. The molecule has 0 radical (unpaired) electrons. The molecule has 56 heavy (non-hydrogen) atoms. The number of aliphatic carboxylic acids is 1. The van der Waals surface area contributed by atoms with Crippen LogP contribution < -0.4 is 0 Å². The first kappa shape index (κ1) is 52.2. The zero-order valence-corrected chi connectivity index (χ0v) is 35.8. The van der Waals surface area contributed by atoms with Crippen molar-refractivity contribution in [1.29, 1.82) is 0 Å². The van der Waals surface area contributed by atoms with E-state index < -0.39 is 18.1 Å². The van der Waals surface area contributed by atoms with Crippen molar-refractivity contribution in [2.24, 2.45) is 0 Å². The summed E-state index contributed by atoms with van der Waals surface area (Å²) >= 11 is 0. The van der Waals surface area contributed by atoms with Crippen LogP contribution in [0, 0.1) is 0 Å². The van der Waals surface area contributed by atoms with E-state index in [4.69, 9.17) is 14.2 Å². The monoisotopic (exact) mass is 781 g/mol. The van der Waals surface area contributed by atoms with E-state index in [9.17, 15) is 19.5 Å². The average Bonchev–Trinajstić information content (AvgIpc) is 3.15. The summed E-state index contributed by atoms with van der Waals surface area (Å²) < 4.78 is 17.1. The van der Waals surface area contributed by atoms with E-state index in [1.54, 1.807) is 0 Å². The first-order chi connectivity index (χ1) is 27.1. The van der Waals surface area contributed by atoms with Gasteiger partial charge in [0.25, 0.3) is 0 Å². The molecule has 0 aromatic carbocycles. The van der Waals surface area contributed by atoms with E-state index in [-0.39, 0.29) is 49.1 Å². The van der Waals surface area contributed by atoms with Crippen molar-refractivity contribution >= 4 is 17.9 Å². The third kappa shape index (κ3) is 35.9. The summed E-state index contributed by atoms with van der Waals surface area (Å²) in [6.45, 7) is 4.46. The fraction of sp³-hybridized carbons (Fsp3) is 0.604. The molecule has 1 N–H and O–H groups in total. The number of carboxylic acids is 1. The molecular weight excluding hydrogens is 703 g/mol. The van der Waals surface area contributed by atoms with E-state index in [2.05, 4.69) is 62.5 Å². The summed E-state index contributed by atoms with van der Waals surface area (Å²) in [6.07, 6.45) is 50.3. The molecule has 0 rings (SSSR count). The van der Waals surface area contributed by atoms with Gasteiger partial charge in [-0.25, -0.2) is 4.79 Å². The maximum absolute atomic E-state index is 12.7. The van der Waals surface area contributed by atoms with Gasteiger partial charge < -0.3 is 23.8 Å². The number of likely N-dealkylation sites (N-methyl/N-ethyl adjacent to an activating group) is 1. The molecular formula is C48H78NO7+. The van der Waals surface area contributed by atoms with E-state index in [1.807, 2.05) is 69.8 Å². The second-order valence-corrected chi connectivity index (χ2v) is 15.0. The van der Waals surface area contributed by atoms with Crippen LogP contribution in [0.15, 0.2) is 97.2 Å². The number of carboxylic acid groups (broad SMARTS) is 1. The Balaban J connectivity index is 4.55. The number of rotatable bonds is 36. The van der Waals surface area contributed by atoms with Gasteiger partial charge in [0.05, 0.1) is 34.4 Å². The highest BCUT2D eigenvalue weighted by Gasteiger charge is 2.31. The zero-order valence-electron chi connectivity index (χ0n) is 35.8. The molecule has 0 fully saturated rings. The van der Waals surface area contributed by atoms with Crippen LogP contribution in [0.2, 0.25) is 0 Å². The van der Waals surface area contributed by atoms with Gasteiger partial charge in [0.1, 0.15) is 6.61 Å². The van der Waals surface area contributed by atoms with Gasteiger partial charge in [0, 0.05) is 19.3 Å². The molecule has 0 bridgehead atoms. The predicted molar refractivity (Wildman–Crippen MR) is 233 cm³/mol. The van der Waals surface area contributed by atoms with Crippen molar-refractivity contribution in [3.05, 3.63) is 97.2 Å². The molecule has 316 valence electrons. The summed E-state index contributed by atoms with van der Waals surface area (Å²) in [7, 11) is 5.48. The van der Waals surface area contributed by atoms with Crippen LogP contribution in [0.1, 0.15) is 136 Å². The lowest BCUT2D eigenvalue weighted by molar-refractivity contribution is -0.887. The molecule has 8 heteroatoms. The number of hydrogen-bond acceptors (Lipinski definition) is 6. The van der Waals surface area contributed by atoms with Crippen LogP contribution >= 0.6 is 0 Å². The zero-order chi connectivity index (χ0) is 41.4. The van der Waals surface area contributed by atoms with Gasteiger partial charge >= 0.3 is 17.9 Å². The second-order valence-electron chi connectivity index (χ2n) is 15.0. The highest BCUT2D eigenvalue weighted by atomic mass is 16.6. The number of ether oxygens (including phenoxy) is 3. The van der Waals surface area contributed by atoms with Gasteiger partial charge in [-0.2, -0.15) is 0 Å². The molecule has 2 unspecified atom stereocenters. The maximum atomic E-state index is 12.7. The van der Waals surface area contributed by atoms with Gasteiger partial charge in [0.15, 0.2) is 12.1 Å². The van der Waals surface area contributed by atoms with Gasteiger partial charge in [-0.05, 0) is 64.2 Å². The Labute approximate surface area is 341 Å². The highest BCUT2D eigenvalue weighted by Crippen LogP contribution is 2.11. The van der Waals surface area contributed by atoms with E-state index in [0.29, 0.717) is 19.3 Å². The van der Waals surface area contributed by atoms with E-state index in [0.717, 1.165) is 44.9 Å². The normalized spacial score (nSPS) is 13.9.